The van der Waals surface area contributed by atoms with E-state index < -0.39 is 0 Å². The Morgan fingerprint density at radius 3 is 2.58 bits per heavy atom. The standard InChI is InChI=1S/C23H27N5O3/c1-15-22(16(2)25-14-24-15)19-12-18(27-23(29)20-13-26-31-17(20)3)6-7-21(19)30-11-10-28-8-4-5-9-28/h6-7,12-14H,4-5,8-11H2,1-3H3,(H,27,29). The quantitative estimate of drug-likeness (QED) is 0.620. The maximum absolute atomic E-state index is 12.6. The Morgan fingerprint density at radius 2 is 1.90 bits per heavy atom. The first-order valence-corrected chi connectivity index (χ1v) is 10.5. The number of nitrogens with one attached hydrogen (secondary N) is 1. The topological polar surface area (TPSA) is 93.4 Å². The molecule has 1 amide bonds. The molecule has 1 fully saturated rings. The number of amides is 1. The van der Waals surface area contributed by atoms with Gasteiger partial charge in [0.15, 0.2) is 0 Å². The first-order valence-electron chi connectivity index (χ1n) is 10.5. The lowest BCUT2D eigenvalue weighted by Gasteiger charge is -2.18. The fourth-order valence-electron chi connectivity index (χ4n) is 3.92. The minimum Gasteiger partial charge on any atom is -0.492 e. The fraction of sp³-hybridized carbons (Fsp3) is 0.391. The molecular formula is C23H27N5O3. The number of anilines is 1. The summed E-state index contributed by atoms with van der Waals surface area (Å²) in [6.07, 6.45) is 5.49. The zero-order chi connectivity index (χ0) is 21.8. The molecule has 1 saturated heterocycles. The van der Waals surface area contributed by atoms with Gasteiger partial charge in [-0.25, -0.2) is 9.97 Å². The van der Waals surface area contributed by atoms with Crippen LogP contribution in [0.4, 0.5) is 5.69 Å². The van der Waals surface area contributed by atoms with Crippen LogP contribution in [-0.4, -0.2) is 52.2 Å². The van der Waals surface area contributed by atoms with E-state index >= 15 is 0 Å². The van der Waals surface area contributed by atoms with Gasteiger partial charge in [0.25, 0.3) is 5.91 Å². The molecule has 1 aromatic carbocycles. The van der Waals surface area contributed by atoms with Gasteiger partial charge in [-0.15, -0.1) is 0 Å². The molecule has 1 N–H and O–H groups in total. The van der Waals surface area contributed by atoms with Crippen molar-refractivity contribution in [2.45, 2.75) is 33.6 Å². The number of carbonyl (C=O) groups excluding carboxylic acids is 1. The predicted octanol–water partition coefficient (Wildman–Crippen LogP) is 3.78. The molecule has 1 aliphatic heterocycles. The molecule has 0 aliphatic carbocycles. The number of benzene rings is 1. The molecule has 0 atom stereocenters. The Balaban J connectivity index is 1.61. The van der Waals surface area contributed by atoms with Crippen molar-refractivity contribution in [3.8, 4) is 16.9 Å². The van der Waals surface area contributed by atoms with Crippen molar-refractivity contribution in [3.63, 3.8) is 0 Å². The van der Waals surface area contributed by atoms with Crippen LogP contribution < -0.4 is 10.1 Å². The third-order valence-electron chi connectivity index (χ3n) is 5.59. The molecule has 3 heterocycles. The second-order valence-electron chi connectivity index (χ2n) is 7.78. The van der Waals surface area contributed by atoms with E-state index in [9.17, 15) is 4.79 Å². The average molecular weight is 422 g/mol. The molecule has 1 aliphatic rings. The first-order chi connectivity index (χ1) is 15.0. The zero-order valence-corrected chi connectivity index (χ0v) is 18.1. The number of aryl methyl sites for hydroxylation is 3. The summed E-state index contributed by atoms with van der Waals surface area (Å²) in [5, 5.41) is 6.60. The highest BCUT2D eigenvalue weighted by Crippen LogP contribution is 2.35. The molecule has 162 valence electrons. The number of rotatable bonds is 7. The molecule has 0 saturated carbocycles. The van der Waals surface area contributed by atoms with Gasteiger partial charge < -0.3 is 14.6 Å². The van der Waals surface area contributed by atoms with Crippen molar-refractivity contribution in [2.24, 2.45) is 0 Å². The molecular weight excluding hydrogens is 394 g/mol. The van der Waals surface area contributed by atoms with Gasteiger partial charge in [0.2, 0.25) is 0 Å². The number of hydrogen-bond acceptors (Lipinski definition) is 7. The summed E-state index contributed by atoms with van der Waals surface area (Å²) < 4.78 is 11.2. The fourth-order valence-corrected chi connectivity index (χ4v) is 3.92. The molecule has 0 spiro atoms. The van der Waals surface area contributed by atoms with Crippen LogP contribution in [0.25, 0.3) is 11.1 Å². The second-order valence-corrected chi connectivity index (χ2v) is 7.78. The summed E-state index contributed by atoms with van der Waals surface area (Å²) in [6, 6.07) is 5.63. The highest BCUT2D eigenvalue weighted by atomic mass is 16.5. The first kappa shape index (κ1) is 21.0. The summed E-state index contributed by atoms with van der Waals surface area (Å²) in [5.41, 5.74) is 4.54. The second kappa shape index (κ2) is 9.26. The van der Waals surface area contributed by atoms with E-state index in [1.165, 1.54) is 19.0 Å². The van der Waals surface area contributed by atoms with Crippen LogP contribution in [0.3, 0.4) is 0 Å². The molecule has 2 aromatic heterocycles. The number of ether oxygens (including phenoxy) is 1. The summed E-state index contributed by atoms with van der Waals surface area (Å²) in [7, 11) is 0. The van der Waals surface area contributed by atoms with Gasteiger partial charge >= 0.3 is 0 Å². The maximum Gasteiger partial charge on any atom is 0.260 e. The van der Waals surface area contributed by atoms with Crippen LogP contribution in [0.5, 0.6) is 5.75 Å². The lowest BCUT2D eigenvalue weighted by molar-refractivity contribution is 0.102. The van der Waals surface area contributed by atoms with Crippen LogP contribution in [0, 0.1) is 20.8 Å². The number of nitrogens with zero attached hydrogens (tertiary/aromatic N) is 4. The Bertz CT molecular complexity index is 1050. The van der Waals surface area contributed by atoms with E-state index in [0.29, 0.717) is 23.6 Å². The zero-order valence-electron chi connectivity index (χ0n) is 18.1. The highest BCUT2D eigenvalue weighted by molar-refractivity contribution is 6.05. The van der Waals surface area contributed by atoms with Crippen molar-refractivity contribution >= 4 is 11.6 Å². The smallest absolute Gasteiger partial charge is 0.260 e. The van der Waals surface area contributed by atoms with Crippen molar-refractivity contribution in [2.75, 3.05) is 31.6 Å². The van der Waals surface area contributed by atoms with Crippen LogP contribution in [0.1, 0.15) is 40.3 Å². The van der Waals surface area contributed by atoms with Crippen LogP contribution in [0.2, 0.25) is 0 Å². The van der Waals surface area contributed by atoms with E-state index in [1.54, 1.807) is 13.3 Å². The van der Waals surface area contributed by atoms with E-state index in [-0.39, 0.29) is 5.91 Å². The van der Waals surface area contributed by atoms with Gasteiger partial charge in [0.05, 0.1) is 6.20 Å². The van der Waals surface area contributed by atoms with Crippen molar-refractivity contribution in [3.05, 3.63) is 53.4 Å². The molecule has 3 aromatic rings. The van der Waals surface area contributed by atoms with Gasteiger partial charge in [-0.05, 0) is 64.9 Å². The minimum atomic E-state index is -0.273. The van der Waals surface area contributed by atoms with E-state index in [0.717, 1.165) is 47.9 Å². The number of likely N-dealkylation sites (tertiary alicyclic amines) is 1. The Morgan fingerprint density at radius 1 is 1.16 bits per heavy atom. The van der Waals surface area contributed by atoms with Crippen molar-refractivity contribution in [1.29, 1.82) is 0 Å². The van der Waals surface area contributed by atoms with Gasteiger partial charge in [0, 0.05) is 34.7 Å². The lowest BCUT2D eigenvalue weighted by Crippen LogP contribution is -2.25. The summed E-state index contributed by atoms with van der Waals surface area (Å²) in [4.78, 5) is 23.7. The summed E-state index contributed by atoms with van der Waals surface area (Å²) in [5.74, 6) is 0.951. The molecule has 31 heavy (non-hydrogen) atoms. The van der Waals surface area contributed by atoms with Gasteiger partial charge in [-0.2, -0.15) is 0 Å². The predicted molar refractivity (Wildman–Crippen MR) is 117 cm³/mol. The Kier molecular flexibility index (Phi) is 6.27. The largest absolute Gasteiger partial charge is 0.492 e. The van der Waals surface area contributed by atoms with Crippen LogP contribution in [-0.2, 0) is 0 Å². The van der Waals surface area contributed by atoms with E-state index in [2.05, 4.69) is 25.3 Å². The van der Waals surface area contributed by atoms with Crippen LogP contribution in [0.15, 0.2) is 35.2 Å². The molecule has 0 unspecified atom stereocenters. The highest BCUT2D eigenvalue weighted by Gasteiger charge is 2.18. The van der Waals surface area contributed by atoms with Crippen molar-refractivity contribution in [1.82, 2.24) is 20.0 Å². The summed E-state index contributed by atoms with van der Waals surface area (Å²) in [6.45, 7) is 9.37. The van der Waals surface area contributed by atoms with Gasteiger partial charge in [-0.1, -0.05) is 5.16 Å². The Labute approximate surface area is 181 Å². The normalized spacial score (nSPS) is 14.0. The number of hydrogen-bond donors (Lipinski definition) is 1. The minimum absolute atomic E-state index is 0.273. The Hall–Kier alpha value is -3.26. The van der Waals surface area contributed by atoms with Gasteiger partial charge in [-0.3, -0.25) is 9.69 Å². The van der Waals surface area contributed by atoms with Crippen molar-refractivity contribution < 1.29 is 14.1 Å². The van der Waals surface area contributed by atoms with E-state index in [1.807, 2.05) is 32.0 Å². The molecule has 0 bridgehead atoms. The van der Waals surface area contributed by atoms with Gasteiger partial charge in [0.1, 0.15) is 30.0 Å². The summed E-state index contributed by atoms with van der Waals surface area (Å²) >= 11 is 0. The third-order valence-corrected chi connectivity index (χ3v) is 5.59. The molecule has 4 rings (SSSR count). The molecule has 8 heteroatoms. The maximum atomic E-state index is 12.6. The van der Waals surface area contributed by atoms with Crippen LogP contribution >= 0.6 is 0 Å². The monoisotopic (exact) mass is 421 g/mol. The average Bonchev–Trinajstić information content (AvgIpc) is 3.41. The third kappa shape index (κ3) is 4.74. The lowest BCUT2D eigenvalue weighted by atomic mass is 10.0. The van der Waals surface area contributed by atoms with E-state index in [4.69, 9.17) is 9.26 Å². The number of aromatic nitrogens is 3. The molecule has 8 nitrogen and oxygen atoms in total. The number of carbonyl (C=O) groups is 1. The molecule has 0 radical (unpaired) electrons. The SMILES string of the molecule is Cc1ncnc(C)c1-c1cc(NC(=O)c2cnoc2C)ccc1OCCN1CCCC1.